The van der Waals surface area contributed by atoms with Crippen LogP contribution in [0.5, 0.6) is 5.75 Å². The first-order valence-electron chi connectivity index (χ1n) is 8.33. The summed E-state index contributed by atoms with van der Waals surface area (Å²) in [7, 11) is 1.98. The van der Waals surface area contributed by atoms with E-state index in [0.717, 1.165) is 29.1 Å². The Balaban J connectivity index is 1.87. The molecule has 130 valence electrons. The highest BCUT2D eigenvalue weighted by Crippen LogP contribution is 2.23. The number of fused-ring (bicyclic) bond motifs is 1. The number of phenols is 1. The predicted octanol–water partition coefficient (Wildman–Crippen LogP) is 3.73. The minimum atomic E-state index is 0.212. The molecule has 0 saturated heterocycles. The lowest BCUT2D eigenvalue weighted by molar-refractivity contribution is 0.474. The molecule has 0 atom stereocenters. The number of aryl methyl sites for hydroxylation is 1. The normalized spacial score (nSPS) is 12.4. The Kier molecular flexibility index (Phi) is 5.19. The maximum atomic E-state index is 10.2. The number of benzene rings is 2. The quantitative estimate of drug-likeness (QED) is 0.561. The van der Waals surface area contributed by atoms with Gasteiger partial charge < -0.3 is 14.6 Å². The van der Waals surface area contributed by atoms with Crippen molar-refractivity contribution in [1.29, 1.82) is 0 Å². The molecule has 1 N–H and O–H groups in total. The number of hydrogen-bond acceptors (Lipinski definition) is 5. The van der Waals surface area contributed by atoms with Gasteiger partial charge in [-0.25, -0.2) is 0 Å². The zero-order chi connectivity index (χ0) is 17.8. The molecule has 5 nitrogen and oxygen atoms in total. The minimum absolute atomic E-state index is 0.212. The monoisotopic (exact) mass is 354 g/mol. The van der Waals surface area contributed by atoms with E-state index >= 15 is 0 Å². The van der Waals surface area contributed by atoms with Crippen molar-refractivity contribution in [1.82, 2.24) is 4.57 Å². The maximum Gasteiger partial charge on any atom is 0.211 e. The number of anilines is 1. The summed E-state index contributed by atoms with van der Waals surface area (Å²) in [6, 6.07) is 13.8. The Morgan fingerprint density at radius 1 is 1.16 bits per heavy atom. The molecule has 0 fully saturated rings. The summed E-state index contributed by atoms with van der Waals surface area (Å²) in [6.45, 7) is 6.00. The summed E-state index contributed by atoms with van der Waals surface area (Å²) in [6.07, 6.45) is 1.59. The van der Waals surface area contributed by atoms with Gasteiger partial charge in [-0.2, -0.15) is 5.10 Å². The van der Waals surface area contributed by atoms with Crippen molar-refractivity contribution in [3.8, 4) is 5.75 Å². The lowest BCUT2D eigenvalue weighted by atomic mass is 10.2. The van der Waals surface area contributed by atoms with Crippen LogP contribution in [-0.4, -0.2) is 29.0 Å². The summed E-state index contributed by atoms with van der Waals surface area (Å²) < 4.78 is 3.19. The second-order valence-corrected chi connectivity index (χ2v) is 6.68. The van der Waals surface area contributed by atoms with Crippen molar-refractivity contribution >= 4 is 33.5 Å². The van der Waals surface area contributed by atoms with Gasteiger partial charge in [0, 0.05) is 37.5 Å². The number of aromatic nitrogens is 1. The maximum absolute atomic E-state index is 10.2. The zero-order valence-electron chi connectivity index (χ0n) is 14.7. The first-order valence-corrected chi connectivity index (χ1v) is 9.15. The van der Waals surface area contributed by atoms with E-state index in [0.29, 0.717) is 5.56 Å². The Hall–Kier alpha value is -2.60. The van der Waals surface area contributed by atoms with Gasteiger partial charge in [0.05, 0.1) is 16.4 Å². The summed E-state index contributed by atoms with van der Waals surface area (Å²) in [5, 5.41) is 18.7. The van der Waals surface area contributed by atoms with Crippen LogP contribution in [0.1, 0.15) is 19.4 Å². The van der Waals surface area contributed by atoms with Crippen molar-refractivity contribution in [3.63, 3.8) is 0 Å². The molecule has 2 aromatic carbocycles. The fraction of sp³-hybridized carbons (Fsp3) is 0.263. The average molecular weight is 354 g/mol. The second-order valence-electron chi connectivity index (χ2n) is 5.67. The largest absolute Gasteiger partial charge is 0.507 e. The van der Waals surface area contributed by atoms with Crippen LogP contribution in [0.2, 0.25) is 0 Å². The Bertz CT molecular complexity index is 967. The molecule has 0 saturated carbocycles. The number of para-hydroxylation sites is 1. The van der Waals surface area contributed by atoms with Crippen molar-refractivity contribution in [2.24, 2.45) is 17.3 Å². The average Bonchev–Trinajstić information content (AvgIpc) is 2.94. The lowest BCUT2D eigenvalue weighted by Gasteiger charge is -2.21. The van der Waals surface area contributed by atoms with Crippen molar-refractivity contribution < 1.29 is 5.11 Å². The van der Waals surface area contributed by atoms with Crippen LogP contribution >= 0.6 is 11.3 Å². The minimum Gasteiger partial charge on any atom is -0.507 e. The standard InChI is InChI=1S/C19H22N4OS/c1-4-23(5-2)15-11-10-14(17(24)12-15)13-20-21-19-22(3)16-8-6-7-9-18(16)25-19/h6-13,24H,4-5H2,1-3H3/b20-13+,21-19-. The number of phenolic OH excluding ortho intramolecular Hbond substituents is 1. The van der Waals surface area contributed by atoms with Gasteiger partial charge in [0.25, 0.3) is 0 Å². The first-order chi connectivity index (χ1) is 12.1. The van der Waals surface area contributed by atoms with Crippen LogP contribution in [0.15, 0.2) is 52.7 Å². The van der Waals surface area contributed by atoms with Gasteiger partial charge in [-0.3, -0.25) is 0 Å². The topological polar surface area (TPSA) is 53.1 Å². The number of aromatic hydroxyl groups is 1. The van der Waals surface area contributed by atoms with Gasteiger partial charge in [-0.15, -0.1) is 5.10 Å². The number of rotatable bonds is 5. The Morgan fingerprint density at radius 2 is 1.92 bits per heavy atom. The fourth-order valence-corrected chi connectivity index (χ4v) is 3.72. The smallest absolute Gasteiger partial charge is 0.211 e. The molecule has 0 spiro atoms. The van der Waals surface area contributed by atoms with Crippen LogP contribution in [0.4, 0.5) is 5.69 Å². The Labute approximate surface area is 151 Å². The van der Waals surface area contributed by atoms with E-state index in [1.165, 1.54) is 4.70 Å². The van der Waals surface area contributed by atoms with Crippen LogP contribution < -0.4 is 9.70 Å². The second kappa shape index (κ2) is 7.53. The highest BCUT2D eigenvalue weighted by Gasteiger charge is 2.05. The highest BCUT2D eigenvalue weighted by atomic mass is 32.1. The molecular weight excluding hydrogens is 332 g/mol. The number of hydrogen-bond donors (Lipinski definition) is 1. The van der Waals surface area contributed by atoms with Gasteiger partial charge in [-0.1, -0.05) is 23.5 Å². The van der Waals surface area contributed by atoms with Crippen molar-refractivity contribution in [2.45, 2.75) is 13.8 Å². The Morgan fingerprint density at radius 3 is 2.60 bits per heavy atom. The fourth-order valence-electron chi connectivity index (χ4n) is 2.75. The third kappa shape index (κ3) is 3.58. The molecule has 0 aliphatic carbocycles. The van der Waals surface area contributed by atoms with E-state index in [1.54, 1.807) is 23.6 Å². The molecule has 3 aromatic rings. The molecule has 0 aliphatic heterocycles. The van der Waals surface area contributed by atoms with E-state index in [2.05, 4.69) is 41.1 Å². The van der Waals surface area contributed by atoms with Crippen molar-refractivity contribution in [2.75, 3.05) is 18.0 Å². The van der Waals surface area contributed by atoms with Crippen LogP contribution in [0.3, 0.4) is 0 Å². The third-order valence-corrected chi connectivity index (χ3v) is 5.30. The number of thiazole rings is 1. The van der Waals surface area contributed by atoms with E-state index < -0.39 is 0 Å². The summed E-state index contributed by atoms with van der Waals surface area (Å²) in [5.41, 5.74) is 2.80. The highest BCUT2D eigenvalue weighted by molar-refractivity contribution is 7.16. The SMILES string of the molecule is CCN(CC)c1ccc(/C=N/N=c2\sc3ccccc3n2C)c(O)c1. The lowest BCUT2D eigenvalue weighted by Crippen LogP contribution is -2.21. The molecule has 1 aromatic heterocycles. The van der Waals surface area contributed by atoms with E-state index in [-0.39, 0.29) is 5.75 Å². The van der Waals surface area contributed by atoms with Crippen LogP contribution in [-0.2, 0) is 7.05 Å². The molecule has 0 aliphatic rings. The van der Waals surface area contributed by atoms with E-state index in [1.807, 2.05) is 35.9 Å². The van der Waals surface area contributed by atoms with Gasteiger partial charge in [0.1, 0.15) is 5.75 Å². The van der Waals surface area contributed by atoms with Crippen LogP contribution in [0.25, 0.3) is 10.2 Å². The van der Waals surface area contributed by atoms with Gasteiger partial charge in [0.15, 0.2) is 0 Å². The third-order valence-electron chi connectivity index (χ3n) is 4.20. The predicted molar refractivity (Wildman–Crippen MR) is 106 cm³/mol. The molecule has 3 rings (SSSR count). The van der Waals surface area contributed by atoms with Crippen molar-refractivity contribution in [3.05, 3.63) is 52.8 Å². The molecular formula is C19H22N4OS. The molecule has 0 unspecified atom stereocenters. The van der Waals surface area contributed by atoms with E-state index in [4.69, 9.17) is 0 Å². The zero-order valence-corrected chi connectivity index (χ0v) is 15.5. The summed E-state index contributed by atoms with van der Waals surface area (Å²) in [5.74, 6) is 0.212. The molecule has 6 heteroatoms. The molecule has 0 radical (unpaired) electrons. The number of nitrogens with zero attached hydrogens (tertiary/aromatic N) is 4. The van der Waals surface area contributed by atoms with Crippen LogP contribution in [0, 0.1) is 0 Å². The van der Waals surface area contributed by atoms with Gasteiger partial charge in [-0.05, 0) is 38.1 Å². The molecule has 25 heavy (non-hydrogen) atoms. The van der Waals surface area contributed by atoms with Gasteiger partial charge >= 0.3 is 0 Å². The van der Waals surface area contributed by atoms with Gasteiger partial charge in [0.2, 0.25) is 4.80 Å². The molecule has 1 heterocycles. The van der Waals surface area contributed by atoms with E-state index in [9.17, 15) is 5.11 Å². The molecule has 0 amide bonds. The first kappa shape index (κ1) is 17.2. The molecule has 0 bridgehead atoms. The summed E-state index contributed by atoms with van der Waals surface area (Å²) in [4.78, 5) is 3.00. The summed E-state index contributed by atoms with van der Waals surface area (Å²) >= 11 is 1.59.